The van der Waals surface area contributed by atoms with Gasteiger partial charge in [-0.05, 0) is 85.4 Å². The standard InChI is InChI=1S/C28H34N/c1-21-8-4-5-9-25(21)27-26-11-10-23(20-24(26)14-19-29(27)2)22-12-17-28(18-13-22)15-6-3-7-16-28/h4-5,8-11,14,19-20,22H,3,6-7,12-13,15-18H2,1-2H3/q+1. The number of aryl methyl sites for hydroxylation is 2. The lowest BCUT2D eigenvalue weighted by Gasteiger charge is -2.43. The zero-order valence-electron chi connectivity index (χ0n) is 18.1. The molecule has 0 aliphatic heterocycles. The maximum atomic E-state index is 2.49. The van der Waals surface area contributed by atoms with Crippen LogP contribution in [-0.2, 0) is 7.05 Å². The van der Waals surface area contributed by atoms with E-state index in [2.05, 4.69) is 73.3 Å². The largest absolute Gasteiger partial charge is 0.220 e. The number of aromatic nitrogens is 1. The minimum absolute atomic E-state index is 0.706. The van der Waals surface area contributed by atoms with Gasteiger partial charge in [-0.2, -0.15) is 0 Å². The molecule has 2 aliphatic rings. The summed E-state index contributed by atoms with van der Waals surface area (Å²) in [5.74, 6) is 0.753. The van der Waals surface area contributed by atoms with Gasteiger partial charge in [0.25, 0.3) is 0 Å². The molecule has 2 fully saturated rings. The second kappa shape index (κ2) is 7.59. The lowest BCUT2D eigenvalue weighted by atomic mass is 9.62. The molecule has 1 nitrogen and oxygen atoms in total. The highest BCUT2D eigenvalue weighted by Crippen LogP contribution is 2.51. The summed E-state index contributed by atoms with van der Waals surface area (Å²) < 4.78 is 2.28. The second-order valence-corrected chi connectivity index (χ2v) is 9.77. The molecule has 0 amide bonds. The van der Waals surface area contributed by atoms with Crippen molar-refractivity contribution in [3.63, 3.8) is 0 Å². The van der Waals surface area contributed by atoms with Gasteiger partial charge in [-0.1, -0.05) is 49.6 Å². The molecule has 3 aromatic rings. The molecule has 0 bridgehead atoms. The third-order valence-corrected chi connectivity index (χ3v) is 7.99. The molecule has 2 aromatic carbocycles. The van der Waals surface area contributed by atoms with Crippen molar-refractivity contribution < 1.29 is 4.57 Å². The Labute approximate surface area is 175 Å². The van der Waals surface area contributed by atoms with Crippen LogP contribution in [0.1, 0.15) is 74.8 Å². The van der Waals surface area contributed by atoms with Crippen molar-refractivity contribution in [3.05, 3.63) is 65.9 Å². The van der Waals surface area contributed by atoms with Gasteiger partial charge in [0, 0.05) is 11.6 Å². The summed E-state index contributed by atoms with van der Waals surface area (Å²) in [6.07, 6.45) is 15.3. The summed E-state index contributed by atoms with van der Waals surface area (Å²) >= 11 is 0. The van der Waals surface area contributed by atoms with E-state index in [4.69, 9.17) is 0 Å². The fourth-order valence-corrected chi connectivity index (χ4v) is 6.18. The summed E-state index contributed by atoms with van der Waals surface area (Å²) in [5, 5.41) is 2.75. The Balaban J connectivity index is 1.46. The average molecular weight is 385 g/mol. The number of benzene rings is 2. The number of pyridine rings is 1. The Kier molecular flexibility index (Phi) is 4.94. The molecule has 1 spiro atoms. The predicted octanol–water partition coefficient (Wildman–Crippen LogP) is 7.25. The predicted molar refractivity (Wildman–Crippen MR) is 122 cm³/mol. The maximum Gasteiger partial charge on any atom is 0.220 e. The van der Waals surface area contributed by atoms with Gasteiger partial charge in [-0.25, -0.2) is 4.57 Å². The van der Waals surface area contributed by atoms with E-state index in [-0.39, 0.29) is 0 Å². The van der Waals surface area contributed by atoms with Crippen molar-refractivity contribution in [1.29, 1.82) is 0 Å². The molecule has 2 aliphatic carbocycles. The molecule has 1 heterocycles. The first-order chi connectivity index (χ1) is 14.2. The van der Waals surface area contributed by atoms with Gasteiger partial charge in [0.1, 0.15) is 7.05 Å². The summed E-state index contributed by atoms with van der Waals surface area (Å²) in [4.78, 5) is 0. The third kappa shape index (κ3) is 3.50. The summed E-state index contributed by atoms with van der Waals surface area (Å²) in [7, 11) is 2.17. The Morgan fingerprint density at radius 2 is 1.62 bits per heavy atom. The van der Waals surface area contributed by atoms with Gasteiger partial charge in [0.05, 0.1) is 5.39 Å². The first-order valence-electron chi connectivity index (χ1n) is 11.6. The molecule has 0 unspecified atom stereocenters. The Morgan fingerprint density at radius 1 is 0.862 bits per heavy atom. The minimum atomic E-state index is 0.706. The van der Waals surface area contributed by atoms with Crippen molar-refractivity contribution in [2.75, 3.05) is 0 Å². The van der Waals surface area contributed by atoms with Crippen LogP contribution in [0.5, 0.6) is 0 Å². The van der Waals surface area contributed by atoms with Crippen molar-refractivity contribution >= 4 is 10.8 Å². The zero-order valence-corrected chi connectivity index (χ0v) is 18.1. The molecule has 0 saturated heterocycles. The maximum absolute atomic E-state index is 2.49. The molecule has 29 heavy (non-hydrogen) atoms. The summed E-state index contributed by atoms with van der Waals surface area (Å²) in [6.45, 7) is 2.21. The van der Waals surface area contributed by atoms with E-state index in [1.807, 2.05) is 0 Å². The first-order valence-corrected chi connectivity index (χ1v) is 11.6. The molecule has 0 radical (unpaired) electrons. The minimum Gasteiger partial charge on any atom is -0.200 e. The number of hydrogen-bond acceptors (Lipinski definition) is 0. The van der Waals surface area contributed by atoms with Crippen molar-refractivity contribution in [2.24, 2.45) is 12.5 Å². The fourth-order valence-electron chi connectivity index (χ4n) is 6.18. The van der Waals surface area contributed by atoms with Gasteiger partial charge in [0.15, 0.2) is 6.20 Å². The summed E-state index contributed by atoms with van der Waals surface area (Å²) in [5.41, 5.74) is 6.27. The fraction of sp³-hybridized carbons (Fsp3) is 0.464. The van der Waals surface area contributed by atoms with E-state index in [0.717, 1.165) is 5.92 Å². The first kappa shape index (κ1) is 18.9. The average Bonchev–Trinajstić information content (AvgIpc) is 2.75. The van der Waals surface area contributed by atoms with Crippen LogP contribution in [0.2, 0.25) is 0 Å². The normalized spacial score (nSPS) is 19.7. The van der Waals surface area contributed by atoms with Crippen LogP contribution >= 0.6 is 0 Å². The molecule has 0 atom stereocenters. The molecular weight excluding hydrogens is 350 g/mol. The molecule has 1 heteroatoms. The Morgan fingerprint density at radius 3 is 2.38 bits per heavy atom. The molecule has 0 N–H and O–H groups in total. The highest BCUT2D eigenvalue weighted by atomic mass is 14.9. The highest BCUT2D eigenvalue weighted by molar-refractivity contribution is 5.94. The van der Waals surface area contributed by atoms with E-state index >= 15 is 0 Å². The molecule has 1 aromatic heterocycles. The van der Waals surface area contributed by atoms with Gasteiger partial charge >= 0.3 is 0 Å². The van der Waals surface area contributed by atoms with Crippen LogP contribution < -0.4 is 4.57 Å². The van der Waals surface area contributed by atoms with E-state index in [9.17, 15) is 0 Å². The van der Waals surface area contributed by atoms with Gasteiger partial charge < -0.3 is 0 Å². The van der Waals surface area contributed by atoms with Crippen LogP contribution in [0.15, 0.2) is 54.7 Å². The lowest BCUT2D eigenvalue weighted by Crippen LogP contribution is -2.31. The number of hydrogen-bond donors (Lipinski definition) is 0. The third-order valence-electron chi connectivity index (χ3n) is 7.99. The Bertz CT molecular complexity index is 1020. The van der Waals surface area contributed by atoms with Gasteiger partial charge in [-0.3, -0.25) is 0 Å². The van der Waals surface area contributed by atoms with Crippen molar-refractivity contribution in [2.45, 2.75) is 70.6 Å². The highest BCUT2D eigenvalue weighted by Gasteiger charge is 2.36. The quantitative estimate of drug-likeness (QED) is 0.410. The molecule has 5 rings (SSSR count). The smallest absolute Gasteiger partial charge is 0.200 e. The van der Waals surface area contributed by atoms with Gasteiger partial charge in [0.2, 0.25) is 5.69 Å². The number of rotatable bonds is 2. The second-order valence-electron chi connectivity index (χ2n) is 9.77. The van der Waals surface area contributed by atoms with E-state index in [1.54, 1.807) is 5.56 Å². The molecular formula is C28H34N+. The van der Waals surface area contributed by atoms with Crippen molar-refractivity contribution in [3.8, 4) is 11.3 Å². The lowest BCUT2D eigenvalue weighted by molar-refractivity contribution is -0.659. The number of fused-ring (bicyclic) bond motifs is 1. The summed E-state index contributed by atoms with van der Waals surface area (Å²) in [6, 6.07) is 18.3. The molecule has 2 saturated carbocycles. The topological polar surface area (TPSA) is 3.88 Å². The van der Waals surface area contributed by atoms with E-state index < -0.39 is 0 Å². The van der Waals surface area contributed by atoms with E-state index in [1.165, 1.54) is 85.4 Å². The van der Waals surface area contributed by atoms with Crippen LogP contribution in [0.25, 0.3) is 22.0 Å². The van der Waals surface area contributed by atoms with Crippen LogP contribution in [-0.4, -0.2) is 0 Å². The Hall–Kier alpha value is -2.15. The van der Waals surface area contributed by atoms with Crippen LogP contribution in [0.4, 0.5) is 0 Å². The van der Waals surface area contributed by atoms with Crippen molar-refractivity contribution in [1.82, 2.24) is 0 Å². The van der Waals surface area contributed by atoms with Crippen LogP contribution in [0.3, 0.4) is 0 Å². The SMILES string of the molecule is Cc1ccccc1-c1c2ccc(C3CCC4(CCCCC4)CC3)cc2cc[n+]1C. The van der Waals surface area contributed by atoms with E-state index in [0.29, 0.717) is 5.41 Å². The zero-order chi connectivity index (χ0) is 19.8. The van der Waals surface area contributed by atoms with Gasteiger partial charge in [-0.15, -0.1) is 0 Å². The monoisotopic (exact) mass is 384 g/mol. The number of nitrogens with zero attached hydrogens (tertiary/aromatic N) is 1. The molecule has 150 valence electrons. The van der Waals surface area contributed by atoms with Crippen LogP contribution in [0, 0.1) is 12.3 Å².